The van der Waals surface area contributed by atoms with Crippen molar-refractivity contribution >= 4 is 23.6 Å². The fourth-order valence-corrected chi connectivity index (χ4v) is 3.41. The van der Waals surface area contributed by atoms with Gasteiger partial charge in [0.1, 0.15) is 13.2 Å². The number of cyclic esters (lactones) is 1. The maximum atomic E-state index is 13.3. The van der Waals surface area contributed by atoms with Crippen LogP contribution in [0.5, 0.6) is 0 Å². The zero-order valence-electron chi connectivity index (χ0n) is 15.9. The summed E-state index contributed by atoms with van der Waals surface area (Å²) >= 11 is 0. The van der Waals surface area contributed by atoms with E-state index in [2.05, 4.69) is 10.6 Å². The van der Waals surface area contributed by atoms with Crippen LogP contribution in [0.3, 0.4) is 0 Å². The van der Waals surface area contributed by atoms with Crippen LogP contribution in [0.25, 0.3) is 0 Å². The maximum absolute atomic E-state index is 13.3. The molecule has 3 amide bonds. The molecule has 7 nitrogen and oxygen atoms in total. The molecular weight excluding hydrogens is 396 g/mol. The summed E-state index contributed by atoms with van der Waals surface area (Å²) in [4.78, 5) is 38.5. The van der Waals surface area contributed by atoms with Gasteiger partial charge in [-0.2, -0.15) is 0 Å². The number of hydrogen-bond donors (Lipinski definition) is 2. The van der Waals surface area contributed by atoms with E-state index >= 15 is 0 Å². The summed E-state index contributed by atoms with van der Waals surface area (Å²) in [6.07, 6.45) is 0. The molecule has 2 aromatic rings. The number of halogens is 2. The molecule has 1 atom stereocenters. The van der Waals surface area contributed by atoms with Crippen molar-refractivity contribution in [3.8, 4) is 0 Å². The number of nitrogens with one attached hydrogen (secondary N) is 2. The van der Waals surface area contributed by atoms with Crippen LogP contribution < -0.4 is 10.6 Å². The summed E-state index contributed by atoms with van der Waals surface area (Å²) in [5, 5.41) is 5.13. The number of anilines is 1. The minimum Gasteiger partial charge on any atom is -0.456 e. The lowest BCUT2D eigenvalue weighted by molar-refractivity contribution is -0.136. The summed E-state index contributed by atoms with van der Waals surface area (Å²) in [6.45, 7) is 1.36. The topological polar surface area (TPSA) is 87.7 Å². The highest BCUT2D eigenvalue weighted by molar-refractivity contribution is 6.00. The smallest absolute Gasteiger partial charge is 0.338 e. The molecule has 2 aliphatic heterocycles. The Morgan fingerprint density at radius 3 is 2.60 bits per heavy atom. The third-order valence-electron chi connectivity index (χ3n) is 4.91. The first-order chi connectivity index (χ1) is 14.3. The number of ether oxygens (including phenoxy) is 1. The third kappa shape index (κ3) is 3.61. The normalized spacial score (nSPS) is 18.1. The number of hydrogen-bond acceptors (Lipinski definition) is 4. The van der Waals surface area contributed by atoms with Crippen LogP contribution in [0.15, 0.2) is 53.7 Å². The highest BCUT2D eigenvalue weighted by Gasteiger charge is 2.42. The summed E-state index contributed by atoms with van der Waals surface area (Å²) in [6, 6.07) is 9.01. The van der Waals surface area contributed by atoms with E-state index in [1.54, 1.807) is 0 Å². The number of nitrogens with zero attached hydrogens (tertiary/aromatic N) is 1. The zero-order valence-corrected chi connectivity index (χ0v) is 15.9. The molecule has 0 saturated heterocycles. The van der Waals surface area contributed by atoms with Gasteiger partial charge in [-0.1, -0.05) is 29.8 Å². The molecule has 0 spiro atoms. The molecule has 0 fully saturated rings. The lowest BCUT2D eigenvalue weighted by Gasteiger charge is -2.32. The Bertz CT molecular complexity index is 1080. The van der Waals surface area contributed by atoms with Crippen molar-refractivity contribution < 1.29 is 27.9 Å². The van der Waals surface area contributed by atoms with Gasteiger partial charge in [0.15, 0.2) is 11.6 Å². The zero-order chi connectivity index (χ0) is 21.4. The molecule has 9 heteroatoms. The van der Waals surface area contributed by atoms with Crippen LogP contribution >= 0.6 is 0 Å². The van der Waals surface area contributed by atoms with Gasteiger partial charge in [0.2, 0.25) is 5.91 Å². The fraction of sp³-hybridized carbons (Fsp3) is 0.190. The minimum absolute atomic E-state index is 0.0433. The van der Waals surface area contributed by atoms with Crippen molar-refractivity contribution in [2.24, 2.45) is 0 Å². The highest BCUT2D eigenvalue weighted by atomic mass is 19.2. The molecule has 0 bridgehead atoms. The monoisotopic (exact) mass is 413 g/mol. The Kier molecular flexibility index (Phi) is 4.94. The second-order valence-corrected chi connectivity index (χ2v) is 6.99. The lowest BCUT2D eigenvalue weighted by Crippen LogP contribution is -2.49. The number of rotatable bonds is 4. The first kappa shape index (κ1) is 19.6. The van der Waals surface area contributed by atoms with E-state index in [1.807, 2.05) is 31.2 Å². The lowest BCUT2D eigenvalue weighted by atomic mass is 9.95. The predicted octanol–water partition coefficient (Wildman–Crippen LogP) is 2.79. The van der Waals surface area contributed by atoms with Crippen molar-refractivity contribution in [3.05, 3.63) is 76.5 Å². The average molecular weight is 413 g/mol. The van der Waals surface area contributed by atoms with Crippen LogP contribution in [0.4, 0.5) is 19.3 Å². The largest absolute Gasteiger partial charge is 0.456 e. The van der Waals surface area contributed by atoms with Crippen LogP contribution in [0.2, 0.25) is 0 Å². The maximum Gasteiger partial charge on any atom is 0.338 e. The molecule has 2 aromatic carbocycles. The predicted molar refractivity (Wildman–Crippen MR) is 102 cm³/mol. The van der Waals surface area contributed by atoms with Crippen molar-refractivity contribution in [3.63, 3.8) is 0 Å². The first-order valence-corrected chi connectivity index (χ1v) is 9.13. The molecule has 2 N–H and O–H groups in total. The van der Waals surface area contributed by atoms with Crippen molar-refractivity contribution in [1.82, 2.24) is 10.2 Å². The Morgan fingerprint density at radius 1 is 1.17 bits per heavy atom. The Balaban J connectivity index is 1.58. The van der Waals surface area contributed by atoms with E-state index in [-0.39, 0.29) is 17.9 Å². The summed E-state index contributed by atoms with van der Waals surface area (Å²) in [5.41, 5.74) is 2.35. The molecule has 2 heterocycles. The molecule has 0 aromatic heterocycles. The summed E-state index contributed by atoms with van der Waals surface area (Å²) in [5.74, 6) is -3.36. The van der Waals surface area contributed by atoms with Gasteiger partial charge >= 0.3 is 12.0 Å². The second-order valence-electron chi connectivity index (χ2n) is 6.99. The van der Waals surface area contributed by atoms with E-state index in [1.165, 1.54) is 6.07 Å². The molecule has 30 heavy (non-hydrogen) atoms. The molecule has 0 aliphatic carbocycles. The van der Waals surface area contributed by atoms with Crippen LogP contribution in [0.1, 0.15) is 17.2 Å². The molecule has 2 aliphatic rings. The van der Waals surface area contributed by atoms with E-state index < -0.39 is 42.1 Å². The summed E-state index contributed by atoms with van der Waals surface area (Å²) < 4.78 is 31.5. The number of aryl methyl sites for hydroxylation is 1. The van der Waals surface area contributed by atoms with Gasteiger partial charge in [-0.05, 0) is 24.6 Å². The molecule has 1 unspecified atom stereocenters. The highest BCUT2D eigenvalue weighted by Crippen LogP contribution is 2.35. The average Bonchev–Trinajstić information content (AvgIpc) is 3.09. The van der Waals surface area contributed by atoms with Crippen molar-refractivity contribution in [2.45, 2.75) is 13.0 Å². The molecule has 0 saturated carbocycles. The van der Waals surface area contributed by atoms with Crippen molar-refractivity contribution in [1.29, 1.82) is 0 Å². The number of benzene rings is 2. The van der Waals surface area contributed by atoms with Gasteiger partial charge in [-0.15, -0.1) is 0 Å². The first-order valence-electron chi connectivity index (χ1n) is 9.13. The van der Waals surface area contributed by atoms with E-state index in [0.717, 1.165) is 22.6 Å². The van der Waals surface area contributed by atoms with E-state index in [4.69, 9.17) is 4.74 Å². The summed E-state index contributed by atoms with van der Waals surface area (Å²) in [7, 11) is 0. The van der Waals surface area contributed by atoms with Gasteiger partial charge in [0.25, 0.3) is 0 Å². The van der Waals surface area contributed by atoms with E-state index in [0.29, 0.717) is 11.3 Å². The molecule has 0 radical (unpaired) electrons. The molecule has 4 rings (SSSR count). The van der Waals surface area contributed by atoms with Crippen LogP contribution in [-0.2, 0) is 14.3 Å². The molecular formula is C21H17F2N3O4. The van der Waals surface area contributed by atoms with Crippen molar-refractivity contribution in [2.75, 3.05) is 18.5 Å². The van der Waals surface area contributed by atoms with Gasteiger partial charge in [0.05, 0.1) is 17.3 Å². The fourth-order valence-electron chi connectivity index (χ4n) is 3.41. The second kappa shape index (κ2) is 7.58. The van der Waals surface area contributed by atoms with Crippen LogP contribution in [0, 0.1) is 18.6 Å². The van der Waals surface area contributed by atoms with Gasteiger partial charge in [-0.25, -0.2) is 18.4 Å². The van der Waals surface area contributed by atoms with Gasteiger partial charge in [-0.3, -0.25) is 9.69 Å². The standard InChI is InChI=1S/C21H17F2N3O4/c1-11-2-4-12(5-3-11)19-18-16(10-30-20(18)28)26(21(29)25-19)9-17(27)24-13-6-7-14(22)15(23)8-13/h2-8,19H,9-10H2,1H3,(H,24,27)(H,25,29). The number of amides is 3. The minimum atomic E-state index is -1.11. The number of carbonyl (C=O) groups is 3. The Hall–Kier alpha value is -3.75. The Morgan fingerprint density at radius 2 is 1.90 bits per heavy atom. The van der Waals surface area contributed by atoms with Crippen LogP contribution in [-0.4, -0.2) is 36.0 Å². The molecule has 154 valence electrons. The number of carbonyl (C=O) groups excluding carboxylic acids is 3. The Labute approximate surface area is 170 Å². The number of esters is 1. The quantitative estimate of drug-likeness (QED) is 0.755. The van der Waals surface area contributed by atoms with Gasteiger partial charge < -0.3 is 15.4 Å². The number of urea groups is 1. The third-order valence-corrected chi connectivity index (χ3v) is 4.91. The SMILES string of the molecule is Cc1ccc(C2NC(=O)N(CC(=O)Nc3ccc(F)c(F)c3)C3=C2C(=O)OC3)cc1. The van der Waals surface area contributed by atoms with Gasteiger partial charge in [0, 0.05) is 11.8 Å². The van der Waals surface area contributed by atoms with E-state index in [9.17, 15) is 23.2 Å².